The smallest absolute Gasteiger partial charge is 0.261 e. The number of piperazine rings is 1. The molecular formula is C26H33ClN4O3S. The normalized spacial score (nSPS) is 19.2. The number of halogens is 1. The van der Waals surface area contributed by atoms with Gasteiger partial charge < -0.3 is 0 Å². The molecule has 188 valence electrons. The van der Waals surface area contributed by atoms with Gasteiger partial charge in [-0.05, 0) is 55.2 Å². The number of hydrogen-bond acceptors (Lipinski definition) is 5. The molecule has 0 N–H and O–H groups in total. The maximum Gasteiger partial charge on any atom is 0.261 e. The molecule has 0 bridgehead atoms. The Morgan fingerprint density at radius 3 is 2.34 bits per heavy atom. The minimum absolute atomic E-state index is 0.0412. The first-order chi connectivity index (χ1) is 16.3. The largest absolute Gasteiger partial charge is 0.298 e. The number of fused-ring (bicyclic) bond motifs is 1. The van der Waals surface area contributed by atoms with Crippen LogP contribution in [0.3, 0.4) is 0 Å². The summed E-state index contributed by atoms with van der Waals surface area (Å²) in [4.78, 5) is 20.2. The molecule has 0 spiro atoms. The average Bonchev–Trinajstić information content (AvgIpc) is 2.80. The monoisotopic (exact) mass is 516 g/mol. The van der Waals surface area contributed by atoms with Gasteiger partial charge in [0.25, 0.3) is 5.56 Å². The molecule has 0 amide bonds. The van der Waals surface area contributed by atoms with Crippen molar-refractivity contribution in [2.75, 3.05) is 19.6 Å². The third-order valence-electron chi connectivity index (χ3n) is 6.92. The standard InChI is InChI=1S/C26H33ClN4O3S/c1-17-16-30(18(2)24-28-23-12-9-20(27)15-22(23)25(32)29(24)6)13-14-31(17)35(33,34)21-10-7-19(8-11-21)26(3,4)5/h7-12,15,17-18H,13-14,16H2,1-6H3. The third kappa shape index (κ3) is 4.89. The van der Waals surface area contributed by atoms with Gasteiger partial charge in [0.1, 0.15) is 5.82 Å². The summed E-state index contributed by atoms with van der Waals surface area (Å²) in [6.45, 7) is 11.7. The summed E-state index contributed by atoms with van der Waals surface area (Å²) < 4.78 is 30.0. The lowest BCUT2D eigenvalue weighted by Gasteiger charge is -2.41. The molecule has 0 saturated carbocycles. The quantitative estimate of drug-likeness (QED) is 0.515. The van der Waals surface area contributed by atoms with Gasteiger partial charge in [-0.1, -0.05) is 44.5 Å². The van der Waals surface area contributed by atoms with Gasteiger partial charge in [-0.25, -0.2) is 13.4 Å². The minimum atomic E-state index is -3.61. The van der Waals surface area contributed by atoms with Crippen LogP contribution in [0.25, 0.3) is 10.9 Å². The number of benzene rings is 2. The van der Waals surface area contributed by atoms with Crippen LogP contribution < -0.4 is 5.56 Å². The number of hydrogen-bond donors (Lipinski definition) is 0. The van der Waals surface area contributed by atoms with E-state index >= 15 is 0 Å². The van der Waals surface area contributed by atoms with Gasteiger partial charge in [0.15, 0.2) is 0 Å². The summed E-state index contributed by atoms with van der Waals surface area (Å²) in [5.74, 6) is 0.645. The first kappa shape index (κ1) is 25.8. The van der Waals surface area contributed by atoms with E-state index < -0.39 is 10.0 Å². The molecule has 1 aliphatic heterocycles. The molecule has 4 rings (SSSR count). The van der Waals surface area contributed by atoms with Crippen LogP contribution >= 0.6 is 11.6 Å². The second-order valence-corrected chi connectivity index (χ2v) is 12.7. The van der Waals surface area contributed by atoms with Crippen molar-refractivity contribution in [3.63, 3.8) is 0 Å². The van der Waals surface area contributed by atoms with Crippen LogP contribution in [0, 0.1) is 0 Å². The molecule has 1 fully saturated rings. The summed E-state index contributed by atoms with van der Waals surface area (Å²) in [7, 11) is -1.90. The van der Waals surface area contributed by atoms with Gasteiger partial charge in [-0.15, -0.1) is 0 Å². The van der Waals surface area contributed by atoms with Crippen molar-refractivity contribution < 1.29 is 8.42 Å². The van der Waals surface area contributed by atoms with Gasteiger partial charge >= 0.3 is 0 Å². The number of rotatable bonds is 4. The van der Waals surface area contributed by atoms with Crippen LogP contribution in [0.15, 0.2) is 52.2 Å². The first-order valence-electron chi connectivity index (χ1n) is 11.8. The summed E-state index contributed by atoms with van der Waals surface area (Å²) >= 11 is 6.07. The Balaban J connectivity index is 1.55. The molecule has 2 atom stereocenters. The average molecular weight is 517 g/mol. The van der Waals surface area contributed by atoms with Crippen LogP contribution in [0.1, 0.15) is 52.0 Å². The maximum absolute atomic E-state index is 13.4. The Labute approximate surface area is 212 Å². The van der Waals surface area contributed by atoms with Crippen LogP contribution in [0.4, 0.5) is 0 Å². The maximum atomic E-state index is 13.4. The zero-order valence-electron chi connectivity index (χ0n) is 21.1. The lowest BCUT2D eigenvalue weighted by molar-refractivity contribution is 0.104. The molecule has 1 aromatic heterocycles. The van der Waals surface area contributed by atoms with Crippen molar-refractivity contribution in [1.82, 2.24) is 18.8 Å². The lowest BCUT2D eigenvalue weighted by Crippen LogP contribution is -2.54. The highest BCUT2D eigenvalue weighted by Crippen LogP contribution is 2.29. The fourth-order valence-corrected chi connectivity index (χ4v) is 6.52. The molecule has 7 nitrogen and oxygen atoms in total. The van der Waals surface area contributed by atoms with E-state index in [0.29, 0.717) is 46.3 Å². The molecule has 35 heavy (non-hydrogen) atoms. The topological polar surface area (TPSA) is 75.5 Å². The van der Waals surface area contributed by atoms with E-state index in [2.05, 4.69) is 25.7 Å². The van der Waals surface area contributed by atoms with Gasteiger partial charge in [0.2, 0.25) is 10.0 Å². The zero-order valence-corrected chi connectivity index (χ0v) is 22.7. The molecule has 1 aliphatic rings. The third-order valence-corrected chi connectivity index (χ3v) is 9.18. The minimum Gasteiger partial charge on any atom is -0.298 e. The second kappa shape index (κ2) is 9.32. The predicted molar refractivity (Wildman–Crippen MR) is 140 cm³/mol. The van der Waals surface area contributed by atoms with Crippen molar-refractivity contribution in [1.29, 1.82) is 0 Å². The second-order valence-electron chi connectivity index (χ2n) is 10.4. The van der Waals surface area contributed by atoms with Crippen molar-refractivity contribution in [3.05, 3.63) is 69.2 Å². The summed E-state index contributed by atoms with van der Waals surface area (Å²) in [5.41, 5.74) is 1.51. The summed E-state index contributed by atoms with van der Waals surface area (Å²) in [6, 6.07) is 11.9. The van der Waals surface area contributed by atoms with Crippen molar-refractivity contribution >= 4 is 32.5 Å². The Kier molecular flexibility index (Phi) is 6.87. The van der Waals surface area contributed by atoms with Crippen LogP contribution in [-0.2, 0) is 22.5 Å². The van der Waals surface area contributed by atoms with Gasteiger partial charge in [-0.2, -0.15) is 4.31 Å². The van der Waals surface area contributed by atoms with E-state index in [0.717, 1.165) is 5.56 Å². The molecule has 1 saturated heterocycles. The van der Waals surface area contributed by atoms with Crippen LogP contribution in [-0.4, -0.2) is 52.9 Å². The Morgan fingerprint density at radius 1 is 1.09 bits per heavy atom. The predicted octanol–water partition coefficient (Wildman–Crippen LogP) is 4.34. The van der Waals surface area contributed by atoms with E-state index in [9.17, 15) is 13.2 Å². The van der Waals surface area contributed by atoms with E-state index in [-0.39, 0.29) is 23.1 Å². The molecule has 9 heteroatoms. The van der Waals surface area contributed by atoms with Crippen molar-refractivity contribution in [3.8, 4) is 0 Å². The molecule has 2 heterocycles. The molecule has 2 aromatic carbocycles. The van der Waals surface area contributed by atoms with Crippen LogP contribution in [0.2, 0.25) is 5.02 Å². The molecular weight excluding hydrogens is 484 g/mol. The summed E-state index contributed by atoms with van der Waals surface area (Å²) in [5, 5.41) is 0.981. The zero-order chi connectivity index (χ0) is 25.7. The highest BCUT2D eigenvalue weighted by Gasteiger charge is 2.36. The SMILES string of the molecule is CC(c1nc2ccc(Cl)cc2c(=O)n1C)N1CCN(S(=O)(=O)c2ccc(C(C)(C)C)cc2)C(C)C1. The van der Waals surface area contributed by atoms with Crippen LogP contribution in [0.5, 0.6) is 0 Å². The van der Waals surface area contributed by atoms with Gasteiger partial charge in [0.05, 0.1) is 21.8 Å². The summed E-state index contributed by atoms with van der Waals surface area (Å²) in [6.07, 6.45) is 0. The first-order valence-corrected chi connectivity index (χ1v) is 13.6. The lowest BCUT2D eigenvalue weighted by atomic mass is 9.87. The molecule has 0 aliphatic carbocycles. The Morgan fingerprint density at radius 2 is 1.74 bits per heavy atom. The number of aromatic nitrogens is 2. The highest BCUT2D eigenvalue weighted by molar-refractivity contribution is 7.89. The van der Waals surface area contributed by atoms with E-state index in [4.69, 9.17) is 16.6 Å². The van der Waals surface area contributed by atoms with Gasteiger partial charge in [-0.3, -0.25) is 14.3 Å². The van der Waals surface area contributed by atoms with E-state index in [1.54, 1.807) is 46.3 Å². The molecule has 2 unspecified atom stereocenters. The molecule has 0 radical (unpaired) electrons. The van der Waals surface area contributed by atoms with Crippen molar-refractivity contribution in [2.45, 2.75) is 57.0 Å². The van der Waals surface area contributed by atoms with Crippen molar-refractivity contribution in [2.24, 2.45) is 7.05 Å². The molecule has 3 aromatic rings. The fraction of sp³-hybridized carbons (Fsp3) is 0.462. The fourth-order valence-electron chi connectivity index (χ4n) is 4.74. The van der Waals surface area contributed by atoms with E-state index in [1.165, 1.54) is 0 Å². The van der Waals surface area contributed by atoms with E-state index in [1.807, 2.05) is 26.0 Å². The number of nitrogens with zero attached hydrogens (tertiary/aromatic N) is 4. The Hall–Kier alpha value is -2.26. The van der Waals surface area contributed by atoms with Gasteiger partial charge in [0, 0.05) is 37.7 Å². The number of sulfonamides is 1. The Bertz CT molecular complexity index is 1410. The highest BCUT2D eigenvalue weighted by atomic mass is 35.5.